The molecule has 0 saturated carbocycles. The number of rotatable bonds is 4. The van der Waals surface area contributed by atoms with Crippen LogP contribution in [0.4, 0.5) is 0 Å². The van der Waals surface area contributed by atoms with Crippen LogP contribution in [0.1, 0.15) is 12.0 Å². The van der Waals surface area contributed by atoms with E-state index in [9.17, 15) is 4.79 Å². The van der Waals surface area contributed by atoms with Gasteiger partial charge in [-0.15, -0.1) is 0 Å². The Morgan fingerprint density at radius 2 is 2.18 bits per heavy atom. The van der Waals surface area contributed by atoms with E-state index < -0.39 is 0 Å². The molecule has 1 amide bonds. The molecule has 2 aromatic rings. The number of amides is 1. The highest BCUT2D eigenvalue weighted by Crippen LogP contribution is 2.24. The van der Waals surface area contributed by atoms with Gasteiger partial charge in [0.25, 0.3) is 0 Å². The molecule has 1 aromatic carbocycles. The average molecular weight is 252 g/mol. The van der Waals surface area contributed by atoms with Gasteiger partial charge in [0.05, 0.1) is 0 Å². The zero-order valence-corrected chi connectivity index (χ0v) is 10.1. The summed E-state index contributed by atoms with van der Waals surface area (Å²) in [5, 5.41) is 1.74. The molecule has 17 heavy (non-hydrogen) atoms. The third-order valence-electron chi connectivity index (χ3n) is 2.75. The van der Waals surface area contributed by atoms with Gasteiger partial charge in [0.1, 0.15) is 0 Å². The minimum Gasteiger partial charge on any atom is -0.370 e. The predicted molar refractivity (Wildman–Crippen MR) is 68.7 cm³/mol. The van der Waals surface area contributed by atoms with Gasteiger partial charge >= 0.3 is 0 Å². The second-order valence-corrected chi connectivity index (χ2v) is 4.37. The van der Waals surface area contributed by atoms with Crippen molar-refractivity contribution in [2.75, 3.05) is 0 Å². The molecule has 0 aliphatic heterocycles. The van der Waals surface area contributed by atoms with Crippen LogP contribution in [0.15, 0.2) is 24.4 Å². The highest BCUT2D eigenvalue weighted by molar-refractivity contribution is 6.31. The first-order valence-electron chi connectivity index (χ1n) is 5.37. The zero-order chi connectivity index (χ0) is 12.4. The van der Waals surface area contributed by atoms with E-state index in [0.717, 1.165) is 16.5 Å². The highest BCUT2D eigenvalue weighted by Gasteiger charge is 2.08. The molecule has 0 spiro atoms. The molecule has 0 aliphatic carbocycles. The second kappa shape index (κ2) is 4.77. The van der Waals surface area contributed by atoms with Gasteiger partial charge in [-0.3, -0.25) is 4.79 Å². The van der Waals surface area contributed by atoms with E-state index >= 15 is 0 Å². The lowest BCUT2D eigenvalue weighted by atomic mass is 10.2. The fraction of sp³-hybridized carbons (Fsp3) is 0.250. The van der Waals surface area contributed by atoms with Crippen LogP contribution in [0.25, 0.3) is 10.9 Å². The molecule has 4 N–H and O–H groups in total. The molecule has 1 aromatic heterocycles. The number of carbonyl (C=O) groups is 1. The predicted octanol–water partition coefficient (Wildman–Crippen LogP) is 1.63. The van der Waals surface area contributed by atoms with E-state index in [4.69, 9.17) is 23.1 Å². The summed E-state index contributed by atoms with van der Waals surface area (Å²) in [7, 11) is 0. The van der Waals surface area contributed by atoms with Crippen molar-refractivity contribution in [1.29, 1.82) is 0 Å². The topological polar surface area (TPSA) is 74.0 Å². The molecular formula is C12H14ClN3O. The van der Waals surface area contributed by atoms with Gasteiger partial charge in [0, 0.05) is 41.6 Å². The third kappa shape index (κ3) is 2.43. The van der Waals surface area contributed by atoms with E-state index in [1.165, 1.54) is 0 Å². The van der Waals surface area contributed by atoms with Crippen molar-refractivity contribution in [2.45, 2.75) is 19.5 Å². The first-order valence-corrected chi connectivity index (χ1v) is 5.75. The molecule has 5 heteroatoms. The first-order chi connectivity index (χ1) is 8.11. The van der Waals surface area contributed by atoms with Gasteiger partial charge in [0.2, 0.25) is 5.91 Å². The molecule has 1 heterocycles. The van der Waals surface area contributed by atoms with E-state index in [-0.39, 0.29) is 5.91 Å². The standard InChI is InChI=1S/C12H14ClN3O/c13-9-1-2-10-8(6-14)7-16(11(10)5-9)4-3-12(15)17/h1-2,5,7H,3-4,6,14H2,(H2,15,17). The zero-order valence-electron chi connectivity index (χ0n) is 9.32. The van der Waals surface area contributed by atoms with Crippen molar-refractivity contribution in [3.63, 3.8) is 0 Å². The highest BCUT2D eigenvalue weighted by atomic mass is 35.5. The maximum absolute atomic E-state index is 10.8. The number of benzene rings is 1. The van der Waals surface area contributed by atoms with Crippen molar-refractivity contribution >= 4 is 28.4 Å². The summed E-state index contributed by atoms with van der Waals surface area (Å²) in [4.78, 5) is 10.8. The lowest BCUT2D eigenvalue weighted by molar-refractivity contribution is -0.118. The minimum absolute atomic E-state index is 0.306. The molecule has 2 rings (SSSR count). The van der Waals surface area contributed by atoms with E-state index in [1.807, 2.05) is 29.0 Å². The number of fused-ring (bicyclic) bond motifs is 1. The molecule has 0 atom stereocenters. The van der Waals surface area contributed by atoms with Crippen LogP contribution in [-0.4, -0.2) is 10.5 Å². The number of nitrogens with zero attached hydrogens (tertiary/aromatic N) is 1. The average Bonchev–Trinajstić information content (AvgIpc) is 2.63. The van der Waals surface area contributed by atoms with Crippen LogP contribution < -0.4 is 11.5 Å². The maximum Gasteiger partial charge on any atom is 0.219 e. The summed E-state index contributed by atoms with van der Waals surface area (Å²) in [6, 6.07) is 5.65. The van der Waals surface area contributed by atoms with Crippen molar-refractivity contribution in [3.05, 3.63) is 35.0 Å². The van der Waals surface area contributed by atoms with Crippen molar-refractivity contribution in [1.82, 2.24) is 4.57 Å². The summed E-state index contributed by atoms with van der Waals surface area (Å²) < 4.78 is 1.97. The molecule has 0 saturated heterocycles. The maximum atomic E-state index is 10.8. The SMILES string of the molecule is NCc1cn(CCC(N)=O)c2cc(Cl)ccc12. The van der Waals surface area contributed by atoms with Gasteiger partial charge < -0.3 is 16.0 Å². The number of aromatic nitrogens is 1. The Morgan fingerprint density at radius 1 is 1.41 bits per heavy atom. The van der Waals surface area contributed by atoms with Gasteiger partial charge in [-0.05, 0) is 17.7 Å². The fourth-order valence-electron chi connectivity index (χ4n) is 1.92. The first kappa shape index (κ1) is 12.0. The normalized spacial score (nSPS) is 10.9. The van der Waals surface area contributed by atoms with Gasteiger partial charge in [-0.1, -0.05) is 17.7 Å². The number of carbonyl (C=O) groups excluding carboxylic acids is 1. The third-order valence-corrected chi connectivity index (χ3v) is 2.98. The van der Waals surface area contributed by atoms with E-state index in [1.54, 1.807) is 0 Å². The Labute approximate surface area is 104 Å². The molecule has 0 radical (unpaired) electrons. The Hall–Kier alpha value is -1.52. The van der Waals surface area contributed by atoms with Crippen LogP contribution >= 0.6 is 11.6 Å². The number of hydrogen-bond donors (Lipinski definition) is 2. The summed E-state index contributed by atoms with van der Waals surface area (Å²) in [6.07, 6.45) is 2.25. The molecule has 0 aliphatic rings. The molecule has 0 unspecified atom stereocenters. The molecule has 4 nitrogen and oxygen atoms in total. The summed E-state index contributed by atoms with van der Waals surface area (Å²) in [5.74, 6) is -0.317. The minimum atomic E-state index is -0.317. The Balaban J connectivity index is 2.46. The fourth-order valence-corrected chi connectivity index (χ4v) is 2.09. The quantitative estimate of drug-likeness (QED) is 0.867. The van der Waals surface area contributed by atoms with Gasteiger partial charge in [0.15, 0.2) is 0 Å². The van der Waals surface area contributed by atoms with Crippen LogP contribution in [0.2, 0.25) is 5.02 Å². The molecule has 0 bridgehead atoms. The smallest absolute Gasteiger partial charge is 0.219 e. The molecule has 90 valence electrons. The van der Waals surface area contributed by atoms with Crippen LogP contribution in [-0.2, 0) is 17.9 Å². The van der Waals surface area contributed by atoms with Gasteiger partial charge in [-0.2, -0.15) is 0 Å². The number of aryl methyl sites for hydroxylation is 1. The van der Waals surface area contributed by atoms with Gasteiger partial charge in [-0.25, -0.2) is 0 Å². The monoisotopic (exact) mass is 251 g/mol. The van der Waals surface area contributed by atoms with Crippen LogP contribution in [0, 0.1) is 0 Å². The van der Waals surface area contributed by atoms with Crippen molar-refractivity contribution in [2.24, 2.45) is 11.5 Å². The Bertz CT molecular complexity index is 562. The largest absolute Gasteiger partial charge is 0.370 e. The lowest BCUT2D eigenvalue weighted by Crippen LogP contribution is -2.13. The molecule has 0 fully saturated rings. The molecular weight excluding hydrogens is 238 g/mol. The van der Waals surface area contributed by atoms with Crippen molar-refractivity contribution < 1.29 is 4.79 Å². The van der Waals surface area contributed by atoms with E-state index in [0.29, 0.717) is 24.5 Å². The number of primary amides is 1. The number of halogens is 1. The number of hydrogen-bond acceptors (Lipinski definition) is 2. The van der Waals surface area contributed by atoms with E-state index in [2.05, 4.69) is 0 Å². The van der Waals surface area contributed by atoms with Crippen molar-refractivity contribution in [3.8, 4) is 0 Å². The Morgan fingerprint density at radius 3 is 2.82 bits per heavy atom. The summed E-state index contributed by atoms with van der Waals surface area (Å²) in [5.41, 5.74) is 12.9. The summed E-state index contributed by atoms with van der Waals surface area (Å²) >= 11 is 5.97. The summed E-state index contributed by atoms with van der Waals surface area (Å²) in [6.45, 7) is 1.01. The lowest BCUT2D eigenvalue weighted by Gasteiger charge is -2.03. The second-order valence-electron chi connectivity index (χ2n) is 3.93. The van der Waals surface area contributed by atoms with Crippen LogP contribution in [0.5, 0.6) is 0 Å². The Kier molecular flexibility index (Phi) is 3.36. The number of nitrogens with two attached hydrogens (primary N) is 2. The van der Waals surface area contributed by atoms with Crippen LogP contribution in [0.3, 0.4) is 0 Å².